The number of carbonyl (C=O) groups is 1. The van der Waals surface area contributed by atoms with Gasteiger partial charge in [-0.2, -0.15) is 0 Å². The fourth-order valence-corrected chi connectivity index (χ4v) is 2.52. The number of rotatable bonds is 3. The molecule has 3 nitrogen and oxygen atoms in total. The Morgan fingerprint density at radius 3 is 3.12 bits per heavy atom. The summed E-state index contributed by atoms with van der Waals surface area (Å²) in [6, 6.07) is 8.10. The highest BCUT2D eigenvalue weighted by atomic mass is 32.2. The molecule has 1 aromatic carbocycles. The van der Waals surface area contributed by atoms with Crippen molar-refractivity contribution in [2.24, 2.45) is 0 Å². The van der Waals surface area contributed by atoms with Crippen LogP contribution in [0.1, 0.15) is 18.4 Å². The highest BCUT2D eigenvalue weighted by molar-refractivity contribution is 7.98. The monoisotopic (exact) mass is 236 g/mol. The number of aryl methyl sites for hydroxylation is 1. The molecule has 0 bridgehead atoms. The van der Waals surface area contributed by atoms with Gasteiger partial charge in [0.1, 0.15) is 0 Å². The highest BCUT2D eigenvalue weighted by Gasteiger charge is 2.21. The minimum absolute atomic E-state index is 0.00249. The fraction of sp³-hybridized carbons (Fsp3) is 0.417. The lowest BCUT2D eigenvalue weighted by Crippen LogP contribution is -2.37. The van der Waals surface area contributed by atoms with Crippen molar-refractivity contribution >= 4 is 17.9 Å². The van der Waals surface area contributed by atoms with Gasteiger partial charge in [-0.05, 0) is 56.0 Å². The predicted molar refractivity (Wildman–Crippen MR) is 66.2 cm³/mol. The third-order valence-electron chi connectivity index (χ3n) is 2.64. The fourth-order valence-electron chi connectivity index (χ4n) is 1.77. The Morgan fingerprint density at radius 2 is 2.44 bits per heavy atom. The molecule has 0 aromatic heterocycles. The zero-order valence-corrected chi connectivity index (χ0v) is 10.1. The van der Waals surface area contributed by atoms with Crippen molar-refractivity contribution in [3.63, 3.8) is 0 Å². The summed E-state index contributed by atoms with van der Waals surface area (Å²) in [7, 11) is 0. The van der Waals surface area contributed by atoms with E-state index in [2.05, 4.69) is 16.1 Å². The van der Waals surface area contributed by atoms with Crippen molar-refractivity contribution in [1.82, 2.24) is 10.0 Å². The Bertz CT molecular complexity index is 375. The van der Waals surface area contributed by atoms with Gasteiger partial charge in [0.15, 0.2) is 0 Å². The number of hydrogen-bond donors (Lipinski definition) is 2. The summed E-state index contributed by atoms with van der Waals surface area (Å²) in [6.45, 7) is 3.00. The first-order valence-corrected chi connectivity index (χ1v) is 6.34. The van der Waals surface area contributed by atoms with E-state index in [-0.39, 0.29) is 11.9 Å². The zero-order valence-electron chi connectivity index (χ0n) is 9.32. The maximum Gasteiger partial charge on any atom is 0.247 e. The molecule has 1 fully saturated rings. The molecule has 0 aliphatic carbocycles. The Kier molecular flexibility index (Phi) is 3.85. The summed E-state index contributed by atoms with van der Waals surface area (Å²) in [6.07, 6.45) is 2.04. The van der Waals surface area contributed by atoms with E-state index in [4.69, 9.17) is 0 Å². The molecular formula is C12H16N2OS. The quantitative estimate of drug-likeness (QED) is 0.787. The molecule has 2 N–H and O–H groups in total. The van der Waals surface area contributed by atoms with E-state index in [1.54, 1.807) is 0 Å². The normalized spacial score (nSPS) is 19.7. The topological polar surface area (TPSA) is 41.1 Å². The molecule has 1 aliphatic heterocycles. The summed E-state index contributed by atoms with van der Waals surface area (Å²) in [5.74, 6) is 0.0870. The third-order valence-corrected chi connectivity index (χ3v) is 3.43. The largest absolute Gasteiger partial charge is 0.306 e. The van der Waals surface area contributed by atoms with Crippen LogP contribution in [-0.4, -0.2) is 18.5 Å². The first kappa shape index (κ1) is 11.5. The molecule has 0 spiro atoms. The van der Waals surface area contributed by atoms with Crippen molar-refractivity contribution in [3.8, 4) is 0 Å². The van der Waals surface area contributed by atoms with Crippen molar-refractivity contribution in [2.45, 2.75) is 30.7 Å². The van der Waals surface area contributed by atoms with Crippen molar-refractivity contribution in [1.29, 1.82) is 0 Å². The Balaban J connectivity index is 1.84. The van der Waals surface area contributed by atoms with Crippen LogP contribution in [0.3, 0.4) is 0 Å². The lowest BCUT2D eigenvalue weighted by molar-refractivity contribution is -0.120. The number of amides is 1. The lowest BCUT2D eigenvalue weighted by Gasteiger charge is -2.10. The van der Waals surface area contributed by atoms with Crippen LogP contribution in [0.5, 0.6) is 0 Å². The van der Waals surface area contributed by atoms with Gasteiger partial charge in [-0.3, -0.25) is 9.52 Å². The van der Waals surface area contributed by atoms with E-state index in [0.717, 1.165) is 24.3 Å². The molecule has 0 unspecified atom stereocenters. The molecular weight excluding hydrogens is 220 g/mol. The number of nitrogens with one attached hydrogen (secondary N) is 2. The van der Waals surface area contributed by atoms with Gasteiger partial charge in [-0.25, -0.2) is 0 Å². The van der Waals surface area contributed by atoms with Crippen LogP contribution in [-0.2, 0) is 4.79 Å². The van der Waals surface area contributed by atoms with Crippen molar-refractivity contribution in [3.05, 3.63) is 29.8 Å². The summed E-state index contributed by atoms with van der Waals surface area (Å²) in [5, 5.41) is 3.18. The molecule has 16 heavy (non-hydrogen) atoms. The van der Waals surface area contributed by atoms with Gasteiger partial charge in [0, 0.05) is 4.90 Å². The summed E-state index contributed by atoms with van der Waals surface area (Å²) in [5.41, 5.74) is 1.21. The Labute approximate surface area is 100 Å². The van der Waals surface area contributed by atoms with Gasteiger partial charge in [0.25, 0.3) is 0 Å². The predicted octanol–water partition coefficient (Wildman–Crippen LogP) is 1.87. The smallest absolute Gasteiger partial charge is 0.247 e. The average molecular weight is 236 g/mol. The van der Waals surface area contributed by atoms with E-state index >= 15 is 0 Å². The van der Waals surface area contributed by atoms with E-state index in [1.807, 2.05) is 25.1 Å². The van der Waals surface area contributed by atoms with Crippen molar-refractivity contribution in [2.75, 3.05) is 6.54 Å². The maximum atomic E-state index is 11.7. The average Bonchev–Trinajstić information content (AvgIpc) is 2.79. The van der Waals surface area contributed by atoms with E-state index in [1.165, 1.54) is 17.5 Å². The van der Waals surface area contributed by atoms with Gasteiger partial charge >= 0.3 is 0 Å². The first-order chi connectivity index (χ1) is 7.75. The molecule has 1 amide bonds. The van der Waals surface area contributed by atoms with Crippen LogP contribution in [0.4, 0.5) is 0 Å². The minimum atomic E-state index is -0.00249. The van der Waals surface area contributed by atoms with Crippen LogP contribution >= 0.6 is 11.9 Å². The third kappa shape index (κ3) is 3.00. The molecule has 86 valence electrons. The number of carbonyl (C=O) groups excluding carboxylic acids is 1. The standard InChI is InChI=1S/C12H16N2OS/c1-9-4-2-5-10(8-9)16-14-12(15)11-6-3-7-13-11/h2,4-5,8,11,13H,3,6-7H2,1H3,(H,14,15)/t11-/m1/s1. The molecule has 1 saturated heterocycles. The molecule has 0 radical (unpaired) electrons. The first-order valence-electron chi connectivity index (χ1n) is 5.52. The van der Waals surface area contributed by atoms with E-state index in [0.29, 0.717) is 0 Å². The van der Waals surface area contributed by atoms with Gasteiger partial charge in [-0.15, -0.1) is 0 Å². The second kappa shape index (κ2) is 5.37. The van der Waals surface area contributed by atoms with Gasteiger partial charge in [0.2, 0.25) is 5.91 Å². The summed E-state index contributed by atoms with van der Waals surface area (Å²) < 4.78 is 2.88. The van der Waals surface area contributed by atoms with Crippen LogP contribution in [0, 0.1) is 6.92 Å². The van der Waals surface area contributed by atoms with Gasteiger partial charge in [-0.1, -0.05) is 12.1 Å². The molecule has 4 heteroatoms. The minimum Gasteiger partial charge on any atom is -0.306 e. The van der Waals surface area contributed by atoms with Crippen molar-refractivity contribution < 1.29 is 4.79 Å². The van der Waals surface area contributed by atoms with Crippen LogP contribution in [0.25, 0.3) is 0 Å². The Hall–Kier alpha value is -1.00. The molecule has 1 heterocycles. The molecule has 2 rings (SSSR count). The summed E-state index contributed by atoms with van der Waals surface area (Å²) >= 11 is 1.39. The summed E-state index contributed by atoms with van der Waals surface area (Å²) in [4.78, 5) is 12.8. The number of benzene rings is 1. The van der Waals surface area contributed by atoms with E-state index in [9.17, 15) is 4.79 Å². The molecule has 1 aliphatic rings. The van der Waals surface area contributed by atoms with Crippen LogP contribution in [0.15, 0.2) is 29.2 Å². The van der Waals surface area contributed by atoms with Crippen LogP contribution in [0.2, 0.25) is 0 Å². The Morgan fingerprint density at radius 1 is 1.56 bits per heavy atom. The second-order valence-electron chi connectivity index (χ2n) is 4.03. The van der Waals surface area contributed by atoms with Gasteiger partial charge in [0.05, 0.1) is 6.04 Å². The zero-order chi connectivity index (χ0) is 11.4. The van der Waals surface area contributed by atoms with Gasteiger partial charge < -0.3 is 5.32 Å². The highest BCUT2D eigenvalue weighted by Crippen LogP contribution is 2.16. The number of hydrogen-bond acceptors (Lipinski definition) is 3. The lowest BCUT2D eigenvalue weighted by atomic mass is 10.2. The molecule has 1 atom stereocenters. The molecule has 0 saturated carbocycles. The van der Waals surface area contributed by atoms with Crippen LogP contribution < -0.4 is 10.0 Å². The SMILES string of the molecule is Cc1cccc(SNC(=O)[C@H]2CCCN2)c1. The molecule has 1 aromatic rings. The van der Waals surface area contributed by atoms with E-state index < -0.39 is 0 Å². The second-order valence-corrected chi connectivity index (χ2v) is 4.91. The maximum absolute atomic E-state index is 11.7.